The molecule has 1 saturated heterocycles. The fraction of sp³-hybridized carbons (Fsp3) is 0.467. The van der Waals surface area contributed by atoms with E-state index in [-0.39, 0.29) is 5.91 Å². The summed E-state index contributed by atoms with van der Waals surface area (Å²) in [6.45, 7) is 9.00. The fourth-order valence-electron chi connectivity index (χ4n) is 2.19. The zero-order valence-corrected chi connectivity index (χ0v) is 14.2. The molecule has 1 aliphatic rings. The van der Waals surface area contributed by atoms with Crippen molar-refractivity contribution in [2.24, 2.45) is 13.0 Å². The molecule has 5 heteroatoms. The Balaban J connectivity index is 2.30. The van der Waals surface area contributed by atoms with Crippen molar-refractivity contribution < 1.29 is 4.79 Å². The lowest BCUT2D eigenvalue weighted by atomic mass is 10.2. The van der Waals surface area contributed by atoms with Gasteiger partial charge in [-0.2, -0.15) is 0 Å². The van der Waals surface area contributed by atoms with E-state index in [4.69, 9.17) is 12.2 Å². The van der Waals surface area contributed by atoms with Gasteiger partial charge in [0.25, 0.3) is 5.91 Å². The van der Waals surface area contributed by atoms with Crippen LogP contribution in [0.5, 0.6) is 0 Å². The Kier molecular flexibility index (Phi) is 4.39. The van der Waals surface area contributed by atoms with E-state index in [0.29, 0.717) is 16.8 Å². The molecule has 2 rings (SSSR count). The smallest absolute Gasteiger partial charge is 0.266 e. The first kappa shape index (κ1) is 15.3. The van der Waals surface area contributed by atoms with Crippen LogP contribution in [-0.2, 0) is 11.8 Å². The van der Waals surface area contributed by atoms with Gasteiger partial charge in [-0.25, -0.2) is 0 Å². The minimum Gasteiger partial charge on any atom is -0.352 e. The molecule has 0 N–H and O–H groups in total. The number of carbonyl (C=O) groups excluding carboxylic acids is 1. The highest BCUT2D eigenvalue weighted by Crippen LogP contribution is 2.33. The van der Waals surface area contributed by atoms with Gasteiger partial charge in [-0.05, 0) is 37.5 Å². The highest BCUT2D eigenvalue weighted by atomic mass is 32.2. The van der Waals surface area contributed by atoms with E-state index >= 15 is 0 Å². The second kappa shape index (κ2) is 5.74. The van der Waals surface area contributed by atoms with Gasteiger partial charge in [-0.15, -0.1) is 0 Å². The maximum absolute atomic E-state index is 12.4. The van der Waals surface area contributed by atoms with Crippen molar-refractivity contribution in [3.63, 3.8) is 0 Å². The molecule has 0 radical (unpaired) electrons. The van der Waals surface area contributed by atoms with Crippen LogP contribution in [0.25, 0.3) is 6.08 Å². The van der Waals surface area contributed by atoms with E-state index in [2.05, 4.69) is 38.3 Å². The topological polar surface area (TPSA) is 25.2 Å². The zero-order chi connectivity index (χ0) is 15.0. The van der Waals surface area contributed by atoms with Gasteiger partial charge in [0.2, 0.25) is 0 Å². The molecule has 0 bridgehead atoms. The first-order chi connectivity index (χ1) is 9.31. The molecule has 0 atom stereocenters. The number of thiocarbonyl (C=S) groups is 1. The molecule has 0 aliphatic carbocycles. The summed E-state index contributed by atoms with van der Waals surface area (Å²) >= 11 is 6.72. The number of hydrogen-bond acceptors (Lipinski definition) is 3. The predicted molar refractivity (Wildman–Crippen MR) is 89.6 cm³/mol. The molecule has 1 fully saturated rings. The van der Waals surface area contributed by atoms with E-state index in [9.17, 15) is 4.79 Å². The van der Waals surface area contributed by atoms with Crippen molar-refractivity contribution in [2.75, 3.05) is 6.54 Å². The van der Waals surface area contributed by atoms with Crippen LogP contribution in [0.15, 0.2) is 11.0 Å². The highest BCUT2D eigenvalue weighted by molar-refractivity contribution is 8.26. The molecular weight excluding hydrogens is 288 g/mol. The van der Waals surface area contributed by atoms with Crippen LogP contribution in [0.1, 0.15) is 30.8 Å². The van der Waals surface area contributed by atoms with Gasteiger partial charge in [0.1, 0.15) is 4.32 Å². The average Bonchev–Trinajstić information content (AvgIpc) is 2.75. The molecule has 108 valence electrons. The lowest BCUT2D eigenvalue weighted by molar-refractivity contribution is -0.122. The lowest BCUT2D eigenvalue weighted by Gasteiger charge is -2.16. The largest absolute Gasteiger partial charge is 0.352 e. The molecule has 1 aliphatic heterocycles. The molecule has 1 aromatic rings. The summed E-state index contributed by atoms with van der Waals surface area (Å²) < 4.78 is 2.79. The Hall–Kier alpha value is -1.07. The van der Waals surface area contributed by atoms with Crippen LogP contribution in [0.3, 0.4) is 0 Å². The fourth-order valence-corrected chi connectivity index (χ4v) is 3.46. The quantitative estimate of drug-likeness (QED) is 0.631. The van der Waals surface area contributed by atoms with Crippen molar-refractivity contribution >= 4 is 40.3 Å². The molecule has 2 heterocycles. The van der Waals surface area contributed by atoms with Crippen molar-refractivity contribution in [2.45, 2.75) is 27.7 Å². The Labute approximate surface area is 130 Å². The summed E-state index contributed by atoms with van der Waals surface area (Å²) in [5.41, 5.74) is 3.44. The molecule has 3 nitrogen and oxygen atoms in total. The Morgan fingerprint density at radius 3 is 2.55 bits per heavy atom. The molecule has 0 saturated carbocycles. The van der Waals surface area contributed by atoms with E-state index in [1.165, 1.54) is 17.5 Å². The third-order valence-electron chi connectivity index (χ3n) is 3.52. The monoisotopic (exact) mass is 308 g/mol. The van der Waals surface area contributed by atoms with Crippen molar-refractivity contribution in [1.29, 1.82) is 0 Å². The van der Waals surface area contributed by atoms with Crippen LogP contribution in [0.2, 0.25) is 0 Å². The molecule has 0 unspecified atom stereocenters. The van der Waals surface area contributed by atoms with Gasteiger partial charge in [0.05, 0.1) is 4.91 Å². The van der Waals surface area contributed by atoms with Gasteiger partial charge >= 0.3 is 0 Å². The molecule has 0 spiro atoms. The number of carbonyl (C=O) groups is 1. The maximum atomic E-state index is 12.4. The minimum absolute atomic E-state index is 0.0367. The summed E-state index contributed by atoms with van der Waals surface area (Å²) in [4.78, 5) is 14.8. The standard InChI is InChI=1S/C15H20N2OS2/c1-9(2)8-17-14(18)13(20-15(17)19)7-12-6-10(3)16(5)11(12)4/h6-7,9H,8H2,1-5H3/b13-7-. The zero-order valence-electron chi connectivity index (χ0n) is 12.6. The van der Waals surface area contributed by atoms with Gasteiger partial charge < -0.3 is 4.57 Å². The average molecular weight is 308 g/mol. The highest BCUT2D eigenvalue weighted by Gasteiger charge is 2.32. The number of aryl methyl sites for hydroxylation is 1. The van der Waals surface area contributed by atoms with Crippen LogP contribution < -0.4 is 0 Å². The van der Waals surface area contributed by atoms with E-state index < -0.39 is 0 Å². The second-order valence-electron chi connectivity index (χ2n) is 5.57. The minimum atomic E-state index is 0.0367. The van der Waals surface area contributed by atoms with Gasteiger partial charge in [0.15, 0.2) is 0 Å². The van der Waals surface area contributed by atoms with E-state index in [1.807, 2.05) is 13.1 Å². The molecular formula is C15H20N2OS2. The second-order valence-corrected chi connectivity index (χ2v) is 7.25. The van der Waals surface area contributed by atoms with Crippen molar-refractivity contribution in [1.82, 2.24) is 9.47 Å². The number of rotatable bonds is 3. The Bertz CT molecular complexity index is 599. The van der Waals surface area contributed by atoms with Gasteiger partial charge in [-0.3, -0.25) is 9.69 Å². The lowest BCUT2D eigenvalue weighted by Crippen LogP contribution is -2.31. The molecule has 1 aromatic heterocycles. The number of amides is 1. The van der Waals surface area contributed by atoms with Crippen molar-refractivity contribution in [3.05, 3.63) is 27.9 Å². The number of thioether (sulfide) groups is 1. The third kappa shape index (κ3) is 2.83. The Morgan fingerprint density at radius 1 is 1.40 bits per heavy atom. The maximum Gasteiger partial charge on any atom is 0.266 e. The van der Waals surface area contributed by atoms with Gasteiger partial charge in [0, 0.05) is 25.0 Å². The summed E-state index contributed by atoms with van der Waals surface area (Å²) in [5, 5.41) is 0. The molecule has 20 heavy (non-hydrogen) atoms. The molecule has 0 aromatic carbocycles. The SMILES string of the molecule is Cc1cc(/C=C2\SC(=S)N(CC(C)C)C2=O)c(C)n1C. The predicted octanol–water partition coefficient (Wildman–Crippen LogP) is 3.50. The van der Waals surface area contributed by atoms with Crippen molar-refractivity contribution in [3.8, 4) is 0 Å². The first-order valence-electron chi connectivity index (χ1n) is 6.69. The van der Waals surface area contributed by atoms with Gasteiger partial charge in [-0.1, -0.05) is 37.8 Å². The third-order valence-corrected chi connectivity index (χ3v) is 4.90. The van der Waals surface area contributed by atoms with Crippen LogP contribution >= 0.6 is 24.0 Å². The van der Waals surface area contributed by atoms with Crippen LogP contribution in [0, 0.1) is 19.8 Å². The number of hydrogen-bond donors (Lipinski definition) is 0. The van der Waals surface area contributed by atoms with E-state index in [0.717, 1.165) is 16.2 Å². The summed E-state index contributed by atoms with van der Waals surface area (Å²) in [6.07, 6.45) is 1.96. The van der Waals surface area contributed by atoms with E-state index in [1.54, 1.807) is 4.90 Å². The van der Waals surface area contributed by atoms with Crippen LogP contribution in [0.4, 0.5) is 0 Å². The number of aromatic nitrogens is 1. The summed E-state index contributed by atoms with van der Waals surface area (Å²) in [7, 11) is 2.03. The van der Waals surface area contributed by atoms with Crippen LogP contribution in [-0.4, -0.2) is 26.2 Å². The summed E-state index contributed by atoms with van der Waals surface area (Å²) in [5.74, 6) is 0.451. The summed E-state index contributed by atoms with van der Waals surface area (Å²) in [6, 6.07) is 2.10. The number of nitrogens with zero attached hydrogens (tertiary/aromatic N) is 2. The normalized spacial score (nSPS) is 17.9. The first-order valence-corrected chi connectivity index (χ1v) is 7.92. The molecule has 1 amide bonds. The Morgan fingerprint density at radius 2 is 2.05 bits per heavy atom.